The topological polar surface area (TPSA) is 59.1 Å². The number of anilines is 1. The Morgan fingerprint density at radius 1 is 1.16 bits per heavy atom. The lowest BCUT2D eigenvalue weighted by Gasteiger charge is -2.07. The first-order chi connectivity index (χ1) is 9.05. The molecule has 0 amide bonds. The number of pyridine rings is 1. The quantitative estimate of drug-likeness (QED) is 0.923. The molecule has 100 valence electrons. The summed E-state index contributed by atoms with van der Waals surface area (Å²) in [7, 11) is -3.42. The third-order valence-electron chi connectivity index (χ3n) is 2.48. The van der Waals surface area contributed by atoms with Crippen molar-refractivity contribution in [3.05, 3.63) is 59.2 Å². The van der Waals surface area contributed by atoms with Gasteiger partial charge in [0.25, 0.3) is 0 Å². The van der Waals surface area contributed by atoms with Gasteiger partial charge in [-0.2, -0.15) is 0 Å². The van der Waals surface area contributed by atoms with E-state index in [1.165, 1.54) is 12.3 Å². The molecule has 0 saturated heterocycles. The number of aryl methyl sites for hydroxylation is 1. The third kappa shape index (κ3) is 4.54. The smallest absolute Gasteiger partial charge is 0.234 e. The van der Waals surface area contributed by atoms with Gasteiger partial charge in [-0.25, -0.2) is 13.4 Å². The summed E-state index contributed by atoms with van der Waals surface area (Å²) in [6.07, 6.45) is 1.91. The van der Waals surface area contributed by atoms with E-state index in [0.29, 0.717) is 11.4 Å². The number of hydrogen-bond donors (Lipinski definition) is 1. The van der Waals surface area contributed by atoms with Crippen LogP contribution in [0.1, 0.15) is 5.56 Å². The number of aromatic nitrogens is 1. The monoisotopic (exact) mass is 296 g/mol. The average Bonchev–Trinajstić information content (AvgIpc) is 2.37. The predicted octanol–water partition coefficient (Wildman–Crippen LogP) is 2.72. The molecule has 0 aliphatic heterocycles. The zero-order valence-corrected chi connectivity index (χ0v) is 11.7. The number of halogens is 1. The molecule has 1 aromatic carbocycles. The lowest BCUT2D eigenvalue weighted by Crippen LogP contribution is -2.18. The molecule has 4 nitrogen and oxygen atoms in total. The molecule has 0 aliphatic rings. The highest BCUT2D eigenvalue weighted by Gasteiger charge is 2.11. The van der Waals surface area contributed by atoms with Crippen LogP contribution in [0.4, 0.5) is 5.82 Å². The summed E-state index contributed by atoms with van der Waals surface area (Å²) in [4.78, 5) is 3.91. The maximum absolute atomic E-state index is 11.9. The lowest BCUT2D eigenvalue weighted by atomic mass is 10.2. The second-order valence-electron chi connectivity index (χ2n) is 4.02. The molecule has 0 bridgehead atoms. The Morgan fingerprint density at radius 2 is 1.89 bits per heavy atom. The van der Waals surface area contributed by atoms with Crippen LogP contribution < -0.4 is 4.72 Å². The van der Waals surface area contributed by atoms with Crippen molar-refractivity contribution in [1.82, 2.24) is 4.98 Å². The molecule has 6 heteroatoms. The third-order valence-corrected chi connectivity index (χ3v) is 3.98. The van der Waals surface area contributed by atoms with Crippen LogP contribution in [-0.2, 0) is 16.4 Å². The number of nitrogens with one attached hydrogen (secondary N) is 1. The molecule has 0 spiro atoms. The van der Waals surface area contributed by atoms with Gasteiger partial charge in [-0.3, -0.25) is 4.72 Å². The van der Waals surface area contributed by atoms with E-state index >= 15 is 0 Å². The molecule has 19 heavy (non-hydrogen) atoms. The van der Waals surface area contributed by atoms with E-state index in [4.69, 9.17) is 11.6 Å². The Morgan fingerprint density at radius 3 is 2.58 bits per heavy atom. The van der Waals surface area contributed by atoms with Crippen LogP contribution in [0.15, 0.2) is 48.7 Å². The Balaban J connectivity index is 1.99. The normalized spacial score (nSPS) is 11.2. The van der Waals surface area contributed by atoms with E-state index in [2.05, 4.69) is 9.71 Å². The molecule has 0 aliphatic carbocycles. The Kier molecular flexibility index (Phi) is 4.39. The summed E-state index contributed by atoms with van der Waals surface area (Å²) in [5.74, 6) is 0.242. The van der Waals surface area contributed by atoms with Gasteiger partial charge in [-0.05, 0) is 18.1 Å². The standard InChI is InChI=1S/C13H13ClN2O2S/c14-12-6-8-15-13(10-12)16-19(17,18)9-7-11-4-2-1-3-5-11/h1-6,8,10H,7,9H2,(H,15,16). The van der Waals surface area contributed by atoms with Crippen molar-refractivity contribution in [2.24, 2.45) is 0 Å². The van der Waals surface area contributed by atoms with Crippen LogP contribution >= 0.6 is 11.6 Å². The van der Waals surface area contributed by atoms with Crippen LogP contribution in [0, 0.1) is 0 Å². The van der Waals surface area contributed by atoms with Crippen molar-refractivity contribution in [2.75, 3.05) is 10.5 Å². The zero-order valence-electron chi connectivity index (χ0n) is 10.1. The first-order valence-corrected chi connectivity index (χ1v) is 7.74. The molecule has 0 fully saturated rings. The second-order valence-corrected chi connectivity index (χ2v) is 6.29. The number of benzene rings is 1. The van der Waals surface area contributed by atoms with Crippen molar-refractivity contribution in [3.8, 4) is 0 Å². The fourth-order valence-corrected chi connectivity index (χ4v) is 2.76. The molecule has 0 atom stereocenters. The average molecular weight is 297 g/mol. The minimum absolute atomic E-state index is 0.00517. The van der Waals surface area contributed by atoms with Crippen molar-refractivity contribution >= 4 is 27.4 Å². The van der Waals surface area contributed by atoms with E-state index < -0.39 is 10.0 Å². The lowest BCUT2D eigenvalue weighted by molar-refractivity contribution is 0.600. The van der Waals surface area contributed by atoms with Gasteiger partial charge in [-0.1, -0.05) is 41.9 Å². The van der Waals surface area contributed by atoms with Crippen molar-refractivity contribution in [3.63, 3.8) is 0 Å². The molecule has 2 aromatic rings. The van der Waals surface area contributed by atoms with Crippen LogP contribution in [-0.4, -0.2) is 19.2 Å². The maximum Gasteiger partial charge on any atom is 0.234 e. The highest BCUT2D eigenvalue weighted by molar-refractivity contribution is 7.92. The summed E-state index contributed by atoms with van der Waals surface area (Å²) in [5, 5.41) is 0.441. The molecule has 1 aromatic heterocycles. The van der Waals surface area contributed by atoms with Crippen LogP contribution in [0.3, 0.4) is 0 Å². The van der Waals surface area contributed by atoms with Gasteiger partial charge in [0, 0.05) is 17.3 Å². The van der Waals surface area contributed by atoms with E-state index in [9.17, 15) is 8.42 Å². The molecule has 1 N–H and O–H groups in total. The van der Waals surface area contributed by atoms with Gasteiger partial charge in [0.1, 0.15) is 5.82 Å². The number of sulfonamides is 1. The molecule has 0 saturated carbocycles. The molecule has 0 unspecified atom stereocenters. The first-order valence-electron chi connectivity index (χ1n) is 5.71. The largest absolute Gasteiger partial charge is 0.267 e. The molecule has 0 radical (unpaired) electrons. The molecule has 2 rings (SSSR count). The van der Waals surface area contributed by atoms with Crippen LogP contribution in [0.25, 0.3) is 0 Å². The molecular weight excluding hydrogens is 284 g/mol. The van der Waals surface area contributed by atoms with E-state index in [1.54, 1.807) is 6.07 Å². The number of rotatable bonds is 5. The summed E-state index contributed by atoms with van der Waals surface area (Å²) >= 11 is 5.77. The molecular formula is C13H13ClN2O2S. The second kappa shape index (κ2) is 6.04. The van der Waals surface area contributed by atoms with Gasteiger partial charge in [-0.15, -0.1) is 0 Å². The predicted molar refractivity (Wildman–Crippen MR) is 76.8 cm³/mol. The Hall–Kier alpha value is -1.59. The zero-order chi connectivity index (χ0) is 13.7. The van der Waals surface area contributed by atoms with E-state index in [-0.39, 0.29) is 11.6 Å². The summed E-state index contributed by atoms with van der Waals surface area (Å²) in [6.45, 7) is 0. The fourth-order valence-electron chi connectivity index (χ4n) is 1.57. The van der Waals surface area contributed by atoms with Gasteiger partial charge in [0.15, 0.2) is 0 Å². The number of nitrogens with zero attached hydrogens (tertiary/aromatic N) is 1. The van der Waals surface area contributed by atoms with Gasteiger partial charge >= 0.3 is 0 Å². The fraction of sp³-hybridized carbons (Fsp3) is 0.154. The van der Waals surface area contributed by atoms with Crippen molar-refractivity contribution < 1.29 is 8.42 Å². The van der Waals surface area contributed by atoms with Gasteiger partial charge in [0.2, 0.25) is 10.0 Å². The highest BCUT2D eigenvalue weighted by Crippen LogP contribution is 2.13. The van der Waals surface area contributed by atoms with Crippen LogP contribution in [0.5, 0.6) is 0 Å². The van der Waals surface area contributed by atoms with E-state index in [1.807, 2.05) is 30.3 Å². The molecule has 1 heterocycles. The maximum atomic E-state index is 11.9. The Labute approximate surface area is 117 Å². The minimum atomic E-state index is -3.42. The number of hydrogen-bond acceptors (Lipinski definition) is 3. The first kappa shape index (κ1) is 13.8. The van der Waals surface area contributed by atoms with E-state index in [0.717, 1.165) is 5.56 Å². The van der Waals surface area contributed by atoms with Crippen LogP contribution in [0.2, 0.25) is 5.02 Å². The summed E-state index contributed by atoms with van der Waals surface area (Å²) < 4.78 is 26.2. The summed E-state index contributed by atoms with van der Waals surface area (Å²) in [5.41, 5.74) is 0.979. The minimum Gasteiger partial charge on any atom is -0.267 e. The summed E-state index contributed by atoms with van der Waals surface area (Å²) in [6, 6.07) is 12.5. The van der Waals surface area contributed by atoms with Crippen molar-refractivity contribution in [2.45, 2.75) is 6.42 Å². The van der Waals surface area contributed by atoms with Gasteiger partial charge in [0.05, 0.1) is 5.75 Å². The van der Waals surface area contributed by atoms with Gasteiger partial charge < -0.3 is 0 Å². The van der Waals surface area contributed by atoms with Crippen molar-refractivity contribution in [1.29, 1.82) is 0 Å². The SMILES string of the molecule is O=S(=O)(CCc1ccccc1)Nc1cc(Cl)ccn1. The Bertz CT molecular complexity index is 645. The highest BCUT2D eigenvalue weighted by atomic mass is 35.5.